The summed E-state index contributed by atoms with van der Waals surface area (Å²) in [5, 5.41) is 9.69. The summed E-state index contributed by atoms with van der Waals surface area (Å²) in [5.74, 6) is 0.163. The largest absolute Gasteiger partial charge is 0.497 e. The van der Waals surface area contributed by atoms with Gasteiger partial charge in [0.15, 0.2) is 0 Å². The molecule has 2 aromatic carbocycles. The number of hydrogen-bond donors (Lipinski definition) is 1. The van der Waals surface area contributed by atoms with Crippen LogP contribution in [0.25, 0.3) is 5.57 Å². The lowest BCUT2D eigenvalue weighted by molar-refractivity contribution is -0.120. The first-order chi connectivity index (χ1) is 14.9. The predicted molar refractivity (Wildman–Crippen MR) is 120 cm³/mol. The molecule has 0 bridgehead atoms. The predicted octanol–water partition coefficient (Wildman–Crippen LogP) is 3.30. The topological polar surface area (TPSA) is 70.1 Å². The van der Waals surface area contributed by atoms with Gasteiger partial charge >= 0.3 is 0 Å². The van der Waals surface area contributed by atoms with Gasteiger partial charge in [0.05, 0.1) is 18.4 Å². The lowest BCUT2D eigenvalue weighted by atomic mass is 9.97. The number of aliphatic hydroxyl groups excluding tert-OH is 1. The van der Waals surface area contributed by atoms with E-state index in [0.29, 0.717) is 41.4 Å². The molecule has 0 spiro atoms. The lowest BCUT2D eigenvalue weighted by Crippen LogP contribution is -2.40. The number of hydrogen-bond acceptors (Lipinski definition) is 5. The number of rotatable bonds is 5. The van der Waals surface area contributed by atoms with Crippen molar-refractivity contribution >= 4 is 23.1 Å². The van der Waals surface area contributed by atoms with Crippen LogP contribution < -0.4 is 9.64 Å². The van der Waals surface area contributed by atoms with Gasteiger partial charge in [-0.05, 0) is 67.5 Å². The van der Waals surface area contributed by atoms with Gasteiger partial charge in [-0.3, -0.25) is 9.59 Å². The molecule has 1 atom stereocenters. The Morgan fingerprint density at radius 2 is 1.81 bits per heavy atom. The zero-order valence-electron chi connectivity index (χ0n) is 18.2. The number of piperidine rings is 1. The normalized spacial score (nSPS) is 19.4. The van der Waals surface area contributed by atoms with Crippen LogP contribution in [0.4, 0.5) is 5.69 Å². The van der Waals surface area contributed by atoms with Crippen molar-refractivity contribution in [1.29, 1.82) is 0 Å². The summed E-state index contributed by atoms with van der Waals surface area (Å²) in [7, 11) is 1.59. The highest BCUT2D eigenvalue weighted by atomic mass is 16.5. The summed E-state index contributed by atoms with van der Waals surface area (Å²) in [5.41, 5.74) is 4.00. The molecular weight excluding hydrogens is 392 g/mol. The van der Waals surface area contributed by atoms with E-state index < -0.39 is 0 Å². The third-order valence-corrected chi connectivity index (χ3v) is 6.14. The maximum Gasteiger partial charge on any atom is 0.282 e. The van der Waals surface area contributed by atoms with Crippen molar-refractivity contribution < 1.29 is 19.4 Å². The number of ether oxygens (including phenoxy) is 1. The molecule has 31 heavy (non-hydrogen) atoms. The minimum Gasteiger partial charge on any atom is -0.497 e. The Kier molecular flexibility index (Phi) is 5.83. The van der Waals surface area contributed by atoms with E-state index in [0.717, 1.165) is 24.0 Å². The fourth-order valence-corrected chi connectivity index (χ4v) is 4.43. The summed E-state index contributed by atoms with van der Waals surface area (Å²) in [6, 6.07) is 13.0. The number of likely N-dealkylation sites (tertiary alicyclic amines) is 1. The number of anilines is 1. The standard InChI is InChI=1S/C25H28N2O4/c1-16-6-7-17(2)21(13-16)27-24(29)22(19-8-10-20(31-3)11-9-19)23(25(27)30)26-12-4-5-18(14-26)15-28/h6-11,13,18,28H,4-5,12,14-15H2,1-3H3. The van der Waals surface area contributed by atoms with Gasteiger partial charge in [-0.25, -0.2) is 4.90 Å². The van der Waals surface area contributed by atoms with Crippen LogP contribution in [0.1, 0.15) is 29.5 Å². The van der Waals surface area contributed by atoms with Gasteiger partial charge in [-0.15, -0.1) is 0 Å². The number of aryl methyl sites for hydroxylation is 2. The summed E-state index contributed by atoms with van der Waals surface area (Å²) in [6.45, 7) is 5.17. The van der Waals surface area contributed by atoms with Crippen molar-refractivity contribution in [3.05, 3.63) is 64.9 Å². The van der Waals surface area contributed by atoms with Crippen LogP contribution in [0.2, 0.25) is 0 Å². The third kappa shape index (κ3) is 3.83. The first kappa shape index (κ1) is 21.1. The number of benzene rings is 2. The highest BCUT2D eigenvalue weighted by Crippen LogP contribution is 2.38. The maximum atomic E-state index is 13.7. The van der Waals surface area contributed by atoms with Crippen LogP contribution in [0.15, 0.2) is 48.2 Å². The van der Waals surface area contributed by atoms with Crippen LogP contribution in [-0.4, -0.2) is 48.6 Å². The van der Waals surface area contributed by atoms with Crippen LogP contribution in [-0.2, 0) is 9.59 Å². The molecule has 2 aliphatic rings. The van der Waals surface area contributed by atoms with E-state index in [1.54, 1.807) is 19.2 Å². The summed E-state index contributed by atoms with van der Waals surface area (Å²) >= 11 is 0. The molecule has 2 aromatic rings. The Balaban J connectivity index is 1.83. The second-order valence-corrected chi connectivity index (χ2v) is 8.32. The monoisotopic (exact) mass is 420 g/mol. The molecule has 0 saturated carbocycles. The molecule has 2 heterocycles. The molecule has 1 fully saturated rings. The minimum absolute atomic E-state index is 0.0739. The molecule has 6 heteroatoms. The van der Waals surface area contributed by atoms with Gasteiger partial charge < -0.3 is 14.7 Å². The number of amides is 2. The van der Waals surface area contributed by atoms with Crippen LogP contribution in [0, 0.1) is 19.8 Å². The van der Waals surface area contributed by atoms with Gasteiger partial charge in [0.25, 0.3) is 11.8 Å². The van der Waals surface area contributed by atoms with E-state index in [2.05, 4.69) is 0 Å². The number of aliphatic hydroxyl groups is 1. The minimum atomic E-state index is -0.315. The molecular formula is C25H28N2O4. The highest BCUT2D eigenvalue weighted by Gasteiger charge is 2.43. The van der Waals surface area contributed by atoms with E-state index in [1.165, 1.54) is 4.90 Å². The number of carbonyl (C=O) groups is 2. The van der Waals surface area contributed by atoms with E-state index in [4.69, 9.17) is 4.74 Å². The quantitative estimate of drug-likeness (QED) is 0.752. The number of methoxy groups -OCH3 is 1. The average molecular weight is 421 g/mol. The summed E-state index contributed by atoms with van der Waals surface area (Å²) in [6.07, 6.45) is 1.79. The van der Waals surface area contributed by atoms with Gasteiger partial charge in [0.1, 0.15) is 11.4 Å². The average Bonchev–Trinajstić information content (AvgIpc) is 3.05. The number of imide groups is 1. The van der Waals surface area contributed by atoms with Gasteiger partial charge in [0, 0.05) is 19.7 Å². The molecule has 6 nitrogen and oxygen atoms in total. The van der Waals surface area contributed by atoms with Crippen molar-refractivity contribution in [3.8, 4) is 5.75 Å². The molecule has 1 N–H and O–H groups in total. The first-order valence-electron chi connectivity index (χ1n) is 10.6. The number of nitrogens with zero attached hydrogens (tertiary/aromatic N) is 2. The van der Waals surface area contributed by atoms with Crippen LogP contribution in [0.3, 0.4) is 0 Å². The first-order valence-corrected chi connectivity index (χ1v) is 10.6. The third-order valence-electron chi connectivity index (χ3n) is 6.14. The SMILES string of the molecule is COc1ccc(C2=C(N3CCCC(CO)C3)C(=O)N(c3cc(C)ccc3C)C2=O)cc1. The van der Waals surface area contributed by atoms with Crippen molar-refractivity contribution in [2.45, 2.75) is 26.7 Å². The Morgan fingerprint density at radius 1 is 1.06 bits per heavy atom. The molecule has 2 aliphatic heterocycles. The molecule has 1 unspecified atom stereocenters. The number of carbonyl (C=O) groups excluding carboxylic acids is 2. The summed E-state index contributed by atoms with van der Waals surface area (Å²) < 4.78 is 5.25. The highest BCUT2D eigenvalue weighted by molar-refractivity contribution is 6.45. The summed E-state index contributed by atoms with van der Waals surface area (Å²) in [4.78, 5) is 30.7. The molecule has 1 saturated heterocycles. The van der Waals surface area contributed by atoms with Crippen molar-refractivity contribution in [2.24, 2.45) is 5.92 Å². The second-order valence-electron chi connectivity index (χ2n) is 8.32. The lowest BCUT2D eigenvalue weighted by Gasteiger charge is -2.34. The molecule has 0 aliphatic carbocycles. The molecule has 2 amide bonds. The Morgan fingerprint density at radius 3 is 2.48 bits per heavy atom. The van der Waals surface area contributed by atoms with E-state index >= 15 is 0 Å². The molecule has 162 valence electrons. The Labute approximate surface area is 182 Å². The van der Waals surface area contributed by atoms with E-state index in [-0.39, 0.29) is 24.3 Å². The van der Waals surface area contributed by atoms with E-state index in [9.17, 15) is 14.7 Å². The van der Waals surface area contributed by atoms with Crippen molar-refractivity contribution in [1.82, 2.24) is 4.90 Å². The zero-order chi connectivity index (χ0) is 22.1. The van der Waals surface area contributed by atoms with Gasteiger partial charge in [0.2, 0.25) is 0 Å². The van der Waals surface area contributed by atoms with Crippen molar-refractivity contribution in [2.75, 3.05) is 31.7 Å². The van der Waals surface area contributed by atoms with Gasteiger partial charge in [-0.1, -0.05) is 24.3 Å². The van der Waals surface area contributed by atoms with Crippen LogP contribution >= 0.6 is 0 Å². The molecule has 0 radical (unpaired) electrons. The smallest absolute Gasteiger partial charge is 0.282 e. The van der Waals surface area contributed by atoms with Crippen molar-refractivity contribution in [3.63, 3.8) is 0 Å². The Bertz CT molecular complexity index is 1040. The zero-order valence-corrected chi connectivity index (χ0v) is 18.2. The Hall–Kier alpha value is -3.12. The molecule has 0 aromatic heterocycles. The maximum absolute atomic E-state index is 13.7. The van der Waals surface area contributed by atoms with E-state index in [1.807, 2.05) is 49.1 Å². The van der Waals surface area contributed by atoms with Crippen LogP contribution in [0.5, 0.6) is 5.75 Å². The van der Waals surface area contributed by atoms with Gasteiger partial charge in [-0.2, -0.15) is 0 Å². The fourth-order valence-electron chi connectivity index (χ4n) is 4.43. The second kappa shape index (κ2) is 8.55. The molecule has 4 rings (SSSR count). The fraction of sp³-hybridized carbons (Fsp3) is 0.360.